The van der Waals surface area contributed by atoms with Crippen molar-refractivity contribution < 1.29 is 0 Å². The Morgan fingerprint density at radius 2 is 2.21 bits per heavy atom. The molecule has 1 aromatic heterocycles. The zero-order valence-electron chi connectivity index (χ0n) is 11.4. The molecule has 3 nitrogen and oxygen atoms in total. The Labute approximate surface area is 114 Å². The topological polar surface area (TPSA) is 37.0 Å². The van der Waals surface area contributed by atoms with E-state index in [-0.39, 0.29) is 0 Å². The van der Waals surface area contributed by atoms with Crippen LogP contribution >= 0.6 is 0 Å². The third-order valence-corrected chi connectivity index (χ3v) is 3.80. The number of aryl methyl sites for hydroxylation is 1. The van der Waals surface area contributed by atoms with Gasteiger partial charge in [0.15, 0.2) is 0 Å². The quantitative estimate of drug-likeness (QED) is 0.885. The van der Waals surface area contributed by atoms with Gasteiger partial charge in [0.05, 0.1) is 5.52 Å². The van der Waals surface area contributed by atoms with Crippen LogP contribution < -0.4 is 10.6 Å². The lowest BCUT2D eigenvalue weighted by molar-refractivity contribution is 0.414. The van der Waals surface area contributed by atoms with E-state index in [1.807, 2.05) is 6.07 Å². The van der Waals surface area contributed by atoms with E-state index in [2.05, 4.69) is 46.8 Å². The Bertz CT molecular complexity index is 559. The van der Waals surface area contributed by atoms with E-state index >= 15 is 0 Å². The standard InChI is InChI=1S/C16H21N3/c1-12-10-16(14-7-2-3-8-15(14)19-12)18-11-13-6-4-5-9-17-13/h2-3,7-8,10,13,17H,4-6,9,11H2,1H3,(H,18,19). The Morgan fingerprint density at radius 1 is 1.32 bits per heavy atom. The highest BCUT2D eigenvalue weighted by Gasteiger charge is 2.12. The molecule has 1 saturated heterocycles. The molecule has 0 radical (unpaired) electrons. The largest absolute Gasteiger partial charge is 0.383 e. The SMILES string of the molecule is Cc1cc(NCC2CCCCN2)c2ccccc2n1. The van der Waals surface area contributed by atoms with Gasteiger partial charge in [-0.2, -0.15) is 0 Å². The summed E-state index contributed by atoms with van der Waals surface area (Å²) in [6, 6.07) is 11.1. The number of para-hydroxylation sites is 1. The van der Waals surface area contributed by atoms with Crippen molar-refractivity contribution in [3.63, 3.8) is 0 Å². The number of aromatic nitrogens is 1. The number of benzene rings is 1. The second-order valence-corrected chi connectivity index (χ2v) is 5.36. The van der Waals surface area contributed by atoms with Crippen LogP contribution in [0.3, 0.4) is 0 Å². The molecule has 1 aliphatic heterocycles. The third kappa shape index (κ3) is 2.87. The van der Waals surface area contributed by atoms with E-state index in [1.54, 1.807) is 0 Å². The van der Waals surface area contributed by atoms with Crippen molar-refractivity contribution in [2.24, 2.45) is 0 Å². The lowest BCUT2D eigenvalue weighted by Crippen LogP contribution is -2.39. The molecule has 0 saturated carbocycles. The lowest BCUT2D eigenvalue weighted by Gasteiger charge is -2.24. The molecule has 1 aromatic carbocycles. The summed E-state index contributed by atoms with van der Waals surface area (Å²) in [6.45, 7) is 4.20. The van der Waals surface area contributed by atoms with Gasteiger partial charge in [-0.05, 0) is 38.4 Å². The normalized spacial score (nSPS) is 19.5. The van der Waals surface area contributed by atoms with Crippen LogP contribution in [0.1, 0.15) is 25.0 Å². The number of fused-ring (bicyclic) bond motifs is 1. The minimum Gasteiger partial charge on any atom is -0.383 e. The fourth-order valence-electron chi connectivity index (χ4n) is 2.79. The predicted octanol–water partition coefficient (Wildman–Crippen LogP) is 3.10. The molecule has 0 bridgehead atoms. The molecule has 3 heteroatoms. The smallest absolute Gasteiger partial charge is 0.0725 e. The average molecular weight is 255 g/mol. The summed E-state index contributed by atoms with van der Waals surface area (Å²) in [7, 11) is 0. The van der Waals surface area contributed by atoms with E-state index in [1.165, 1.54) is 30.3 Å². The van der Waals surface area contributed by atoms with E-state index < -0.39 is 0 Å². The Hall–Kier alpha value is -1.61. The number of hydrogen-bond acceptors (Lipinski definition) is 3. The van der Waals surface area contributed by atoms with E-state index in [0.29, 0.717) is 6.04 Å². The number of rotatable bonds is 3. The van der Waals surface area contributed by atoms with Gasteiger partial charge in [0.1, 0.15) is 0 Å². The Kier molecular flexibility index (Phi) is 3.65. The van der Waals surface area contributed by atoms with Crippen molar-refractivity contribution in [2.75, 3.05) is 18.4 Å². The minimum atomic E-state index is 0.598. The van der Waals surface area contributed by atoms with Crippen molar-refractivity contribution in [1.29, 1.82) is 0 Å². The van der Waals surface area contributed by atoms with Crippen LogP contribution in [-0.4, -0.2) is 24.1 Å². The van der Waals surface area contributed by atoms with Crippen molar-refractivity contribution in [3.05, 3.63) is 36.0 Å². The number of nitrogens with zero attached hydrogens (tertiary/aromatic N) is 1. The van der Waals surface area contributed by atoms with Crippen LogP contribution in [0.4, 0.5) is 5.69 Å². The van der Waals surface area contributed by atoms with Gasteiger partial charge in [-0.3, -0.25) is 4.98 Å². The number of nitrogens with one attached hydrogen (secondary N) is 2. The molecule has 2 aromatic rings. The summed E-state index contributed by atoms with van der Waals surface area (Å²) in [5.41, 5.74) is 3.34. The monoisotopic (exact) mass is 255 g/mol. The summed E-state index contributed by atoms with van der Waals surface area (Å²) in [4.78, 5) is 4.58. The first-order valence-corrected chi connectivity index (χ1v) is 7.16. The summed E-state index contributed by atoms with van der Waals surface area (Å²) in [5.74, 6) is 0. The van der Waals surface area contributed by atoms with Crippen molar-refractivity contribution >= 4 is 16.6 Å². The van der Waals surface area contributed by atoms with Gasteiger partial charge in [0.25, 0.3) is 0 Å². The first-order chi connectivity index (χ1) is 9.33. The fourth-order valence-corrected chi connectivity index (χ4v) is 2.79. The van der Waals surface area contributed by atoms with E-state index in [4.69, 9.17) is 0 Å². The number of piperidine rings is 1. The highest BCUT2D eigenvalue weighted by Crippen LogP contribution is 2.23. The first kappa shape index (κ1) is 12.4. The molecule has 1 atom stereocenters. The van der Waals surface area contributed by atoms with Gasteiger partial charge in [0.2, 0.25) is 0 Å². The second-order valence-electron chi connectivity index (χ2n) is 5.36. The van der Waals surface area contributed by atoms with Gasteiger partial charge in [-0.1, -0.05) is 24.6 Å². The molecule has 1 aliphatic rings. The van der Waals surface area contributed by atoms with Crippen LogP contribution in [0.5, 0.6) is 0 Å². The Morgan fingerprint density at radius 3 is 3.05 bits per heavy atom. The molecular formula is C16H21N3. The molecule has 0 aliphatic carbocycles. The van der Waals surface area contributed by atoms with Gasteiger partial charge >= 0.3 is 0 Å². The molecule has 1 unspecified atom stereocenters. The van der Waals surface area contributed by atoms with Gasteiger partial charge in [-0.15, -0.1) is 0 Å². The number of hydrogen-bond donors (Lipinski definition) is 2. The van der Waals surface area contributed by atoms with Crippen LogP contribution in [0.2, 0.25) is 0 Å². The van der Waals surface area contributed by atoms with Gasteiger partial charge in [-0.25, -0.2) is 0 Å². The van der Waals surface area contributed by atoms with E-state index in [0.717, 1.165) is 24.3 Å². The van der Waals surface area contributed by atoms with Crippen LogP contribution in [0.25, 0.3) is 10.9 Å². The predicted molar refractivity (Wildman–Crippen MR) is 80.6 cm³/mol. The number of pyridine rings is 1. The maximum atomic E-state index is 4.58. The molecule has 0 spiro atoms. The van der Waals surface area contributed by atoms with Crippen LogP contribution in [-0.2, 0) is 0 Å². The third-order valence-electron chi connectivity index (χ3n) is 3.80. The molecule has 3 rings (SSSR count). The van der Waals surface area contributed by atoms with Crippen molar-refractivity contribution in [3.8, 4) is 0 Å². The van der Waals surface area contributed by atoms with Crippen molar-refractivity contribution in [2.45, 2.75) is 32.2 Å². The van der Waals surface area contributed by atoms with Gasteiger partial charge < -0.3 is 10.6 Å². The highest BCUT2D eigenvalue weighted by atomic mass is 15.0. The van der Waals surface area contributed by atoms with Gasteiger partial charge in [0, 0.05) is 29.4 Å². The fraction of sp³-hybridized carbons (Fsp3) is 0.438. The number of anilines is 1. The summed E-state index contributed by atoms with van der Waals surface area (Å²) in [5, 5.41) is 8.38. The highest BCUT2D eigenvalue weighted by molar-refractivity contribution is 5.91. The Balaban J connectivity index is 1.79. The lowest BCUT2D eigenvalue weighted by atomic mass is 10.0. The zero-order chi connectivity index (χ0) is 13.1. The second kappa shape index (κ2) is 5.57. The van der Waals surface area contributed by atoms with Crippen LogP contribution in [0.15, 0.2) is 30.3 Å². The average Bonchev–Trinajstić information content (AvgIpc) is 2.45. The molecule has 100 valence electrons. The molecule has 1 fully saturated rings. The molecular weight excluding hydrogens is 234 g/mol. The maximum absolute atomic E-state index is 4.58. The zero-order valence-corrected chi connectivity index (χ0v) is 11.4. The molecule has 2 N–H and O–H groups in total. The molecule has 19 heavy (non-hydrogen) atoms. The minimum absolute atomic E-state index is 0.598. The molecule has 0 amide bonds. The van der Waals surface area contributed by atoms with E-state index in [9.17, 15) is 0 Å². The first-order valence-electron chi connectivity index (χ1n) is 7.16. The van der Waals surface area contributed by atoms with Crippen LogP contribution in [0, 0.1) is 6.92 Å². The maximum Gasteiger partial charge on any atom is 0.0725 e. The summed E-state index contributed by atoms with van der Waals surface area (Å²) >= 11 is 0. The summed E-state index contributed by atoms with van der Waals surface area (Å²) in [6.07, 6.45) is 3.93. The van der Waals surface area contributed by atoms with Crippen molar-refractivity contribution in [1.82, 2.24) is 10.3 Å². The molecule has 2 heterocycles. The summed E-state index contributed by atoms with van der Waals surface area (Å²) < 4.78 is 0.